The van der Waals surface area contributed by atoms with Crippen molar-refractivity contribution in [1.29, 1.82) is 0 Å². The van der Waals surface area contributed by atoms with E-state index in [4.69, 9.17) is 47.6 Å². The summed E-state index contributed by atoms with van der Waals surface area (Å²) in [6.45, 7) is 0.163. The lowest BCUT2D eigenvalue weighted by Crippen LogP contribution is -2.70. The van der Waals surface area contributed by atoms with E-state index in [0.29, 0.717) is 12.5 Å². The molecule has 0 spiro atoms. The minimum absolute atomic E-state index is 0.0234. The van der Waals surface area contributed by atoms with Gasteiger partial charge in [0.15, 0.2) is 12.6 Å². The van der Waals surface area contributed by atoms with Crippen LogP contribution in [0.5, 0.6) is 0 Å². The fourth-order valence-electron chi connectivity index (χ4n) is 6.47. The van der Waals surface area contributed by atoms with Crippen molar-refractivity contribution in [3.8, 4) is 0 Å². The average Bonchev–Trinajstić information content (AvgIpc) is 3.00. The summed E-state index contributed by atoms with van der Waals surface area (Å²) < 4.78 is 23.5. The topological polar surface area (TPSA) is 350 Å². The Morgan fingerprint density at radius 2 is 1.46 bits per heavy atom. The number of aliphatic hydroxyl groups is 7. The van der Waals surface area contributed by atoms with Crippen molar-refractivity contribution in [3.63, 3.8) is 0 Å². The number of ether oxygens (including phenoxy) is 4. The molecule has 1 amide bonds. The van der Waals surface area contributed by atoms with E-state index in [1.165, 1.54) is 0 Å². The number of amides is 1. The fraction of sp³-hybridized carbons (Fsp3) is 0.963. The minimum Gasteiger partial charge on any atom is -0.394 e. The van der Waals surface area contributed by atoms with Crippen LogP contribution >= 0.6 is 0 Å². The molecule has 19 N–H and O–H groups in total. The SMILES string of the molecule is NCC[C@H](O)C(=O)N[C@@H]1C[C@H](N)C(O[C@H]2O[C@H](CNCC3CC(N)C3)[C@@H](O)[C@H](O)[C@H]2N)[C@H](O)[C@H]1O[C@H]1O[C@H](CO)[C@@H](O)[C@H](N)[C@H]1O. The van der Waals surface area contributed by atoms with Crippen LogP contribution in [0.25, 0.3) is 0 Å². The Morgan fingerprint density at radius 1 is 0.804 bits per heavy atom. The van der Waals surface area contributed by atoms with Gasteiger partial charge in [-0.2, -0.15) is 0 Å². The minimum atomic E-state index is -1.66. The number of rotatable bonds is 13. The average molecular weight is 668 g/mol. The van der Waals surface area contributed by atoms with E-state index >= 15 is 0 Å². The summed E-state index contributed by atoms with van der Waals surface area (Å²) in [5, 5.41) is 79.5. The first-order chi connectivity index (χ1) is 21.8. The lowest BCUT2D eigenvalue weighted by Gasteiger charge is -2.49. The van der Waals surface area contributed by atoms with Gasteiger partial charge in [0.1, 0.15) is 61.0 Å². The maximum Gasteiger partial charge on any atom is 0.249 e. The molecular formula is C27H53N7O12. The van der Waals surface area contributed by atoms with Gasteiger partial charge in [0.2, 0.25) is 5.91 Å². The maximum atomic E-state index is 12.7. The second-order valence-electron chi connectivity index (χ2n) is 12.9. The molecule has 1 unspecified atom stereocenters. The summed E-state index contributed by atoms with van der Waals surface area (Å²) in [6, 6.07) is -4.42. The van der Waals surface area contributed by atoms with E-state index in [1.807, 2.05) is 0 Å². The molecule has 0 aromatic heterocycles. The van der Waals surface area contributed by atoms with Crippen LogP contribution < -0.4 is 39.3 Å². The lowest BCUT2D eigenvalue weighted by molar-refractivity contribution is -0.320. The van der Waals surface area contributed by atoms with Crippen molar-refractivity contribution in [2.75, 3.05) is 26.2 Å². The van der Waals surface area contributed by atoms with Crippen LogP contribution in [0, 0.1) is 5.92 Å². The molecule has 2 aliphatic carbocycles. The highest BCUT2D eigenvalue weighted by Crippen LogP contribution is 2.32. The third kappa shape index (κ3) is 8.50. The zero-order valence-corrected chi connectivity index (χ0v) is 25.6. The van der Waals surface area contributed by atoms with Gasteiger partial charge in [-0.15, -0.1) is 0 Å². The van der Waals surface area contributed by atoms with E-state index in [9.17, 15) is 40.5 Å². The number of hydrogen-bond donors (Lipinski definition) is 14. The van der Waals surface area contributed by atoms with E-state index in [-0.39, 0.29) is 32.0 Å². The van der Waals surface area contributed by atoms with Crippen molar-refractivity contribution < 1.29 is 59.5 Å². The Kier molecular flexibility index (Phi) is 13.5. The first-order valence-corrected chi connectivity index (χ1v) is 15.8. The summed E-state index contributed by atoms with van der Waals surface area (Å²) in [5.74, 6) is -0.425. The van der Waals surface area contributed by atoms with Gasteiger partial charge < -0.3 is 94.0 Å². The highest BCUT2D eigenvalue weighted by molar-refractivity contribution is 5.80. The molecule has 4 rings (SSSR count). The van der Waals surface area contributed by atoms with Gasteiger partial charge in [-0.05, 0) is 44.7 Å². The molecule has 268 valence electrons. The first-order valence-electron chi connectivity index (χ1n) is 15.8. The molecule has 2 heterocycles. The molecule has 0 radical (unpaired) electrons. The molecule has 4 fully saturated rings. The standard InChI is InChI=1S/C27H53N7O12/c28-2-1-13(36)25(42)34-12-5-11(30)23(22(41)24(12)46-27-21(40)16(31)18(37)15(8-35)44-27)45-26-17(32)20(39)19(38)14(43-26)7-33-6-9-3-10(29)4-9/h9-24,26-27,33,35-41H,1-8,28-32H2,(H,34,42)/t9?,10?,11-,12+,13-,14+,15+,16-,17+,18+,19+,20+,21+,22-,23?,24-,26+,27+/m0/s1. The Hall–Kier alpha value is -1.21. The summed E-state index contributed by atoms with van der Waals surface area (Å²) in [6.07, 6.45) is -15.1. The number of nitrogens with two attached hydrogens (primary N) is 5. The number of aliphatic hydroxyl groups excluding tert-OH is 7. The predicted molar refractivity (Wildman–Crippen MR) is 158 cm³/mol. The Morgan fingerprint density at radius 3 is 2.09 bits per heavy atom. The van der Waals surface area contributed by atoms with Crippen molar-refractivity contribution >= 4 is 5.91 Å². The smallest absolute Gasteiger partial charge is 0.249 e. The Bertz CT molecular complexity index is 970. The van der Waals surface area contributed by atoms with Crippen molar-refractivity contribution in [1.82, 2.24) is 10.6 Å². The van der Waals surface area contributed by atoms with Gasteiger partial charge in [0.25, 0.3) is 0 Å². The van der Waals surface area contributed by atoms with Crippen LogP contribution in [0.2, 0.25) is 0 Å². The van der Waals surface area contributed by atoms with Crippen LogP contribution in [-0.2, 0) is 23.7 Å². The quantitative estimate of drug-likeness (QED) is 0.0866. The highest BCUT2D eigenvalue weighted by Gasteiger charge is 2.52. The summed E-state index contributed by atoms with van der Waals surface area (Å²) in [7, 11) is 0. The monoisotopic (exact) mass is 667 g/mol. The van der Waals surface area contributed by atoms with Crippen molar-refractivity contribution in [2.45, 2.75) is 130 Å². The first kappa shape index (κ1) is 37.6. The van der Waals surface area contributed by atoms with Crippen molar-refractivity contribution in [2.24, 2.45) is 34.6 Å². The predicted octanol–water partition coefficient (Wildman–Crippen LogP) is -8.09. The molecule has 2 saturated heterocycles. The van der Waals surface area contributed by atoms with E-state index in [1.54, 1.807) is 0 Å². The molecule has 4 aliphatic rings. The normalized spacial score (nSPS) is 47.2. The van der Waals surface area contributed by atoms with Gasteiger partial charge in [0, 0.05) is 18.6 Å². The number of carbonyl (C=O) groups is 1. The number of hydrogen-bond acceptors (Lipinski definition) is 18. The number of carbonyl (C=O) groups excluding carboxylic acids is 1. The van der Waals surface area contributed by atoms with Gasteiger partial charge >= 0.3 is 0 Å². The van der Waals surface area contributed by atoms with Crippen LogP contribution in [0.1, 0.15) is 25.7 Å². The van der Waals surface area contributed by atoms with Crippen LogP contribution in [0.4, 0.5) is 0 Å². The zero-order chi connectivity index (χ0) is 33.9. The van der Waals surface area contributed by atoms with Crippen LogP contribution in [0.3, 0.4) is 0 Å². The Labute approximate surface area is 266 Å². The molecule has 0 bridgehead atoms. The van der Waals surface area contributed by atoms with Gasteiger partial charge in [-0.1, -0.05) is 0 Å². The third-order valence-corrected chi connectivity index (χ3v) is 9.41. The number of nitrogens with one attached hydrogen (secondary N) is 2. The highest BCUT2D eigenvalue weighted by atomic mass is 16.7. The lowest BCUT2D eigenvalue weighted by atomic mass is 9.81. The van der Waals surface area contributed by atoms with E-state index in [0.717, 1.165) is 12.8 Å². The molecular weight excluding hydrogens is 614 g/mol. The summed E-state index contributed by atoms with van der Waals surface area (Å²) in [4.78, 5) is 12.7. The third-order valence-electron chi connectivity index (χ3n) is 9.41. The molecule has 19 heteroatoms. The fourth-order valence-corrected chi connectivity index (χ4v) is 6.47. The summed E-state index contributed by atoms with van der Waals surface area (Å²) >= 11 is 0. The van der Waals surface area contributed by atoms with Gasteiger partial charge in [-0.3, -0.25) is 4.79 Å². The molecule has 2 saturated carbocycles. The Balaban J connectivity index is 1.49. The van der Waals surface area contributed by atoms with Gasteiger partial charge in [-0.25, -0.2) is 0 Å². The summed E-state index contributed by atoms with van der Waals surface area (Å²) in [5.41, 5.74) is 29.8. The molecule has 46 heavy (non-hydrogen) atoms. The second kappa shape index (κ2) is 16.5. The second-order valence-corrected chi connectivity index (χ2v) is 12.9. The van der Waals surface area contributed by atoms with Crippen LogP contribution in [0.15, 0.2) is 0 Å². The van der Waals surface area contributed by atoms with Crippen LogP contribution in [-0.4, -0.2) is 172 Å². The molecule has 0 aromatic carbocycles. The van der Waals surface area contributed by atoms with E-state index in [2.05, 4.69) is 10.6 Å². The van der Waals surface area contributed by atoms with Crippen molar-refractivity contribution in [3.05, 3.63) is 0 Å². The molecule has 2 aliphatic heterocycles. The molecule has 19 nitrogen and oxygen atoms in total. The zero-order valence-electron chi connectivity index (χ0n) is 25.6. The molecule has 16 atom stereocenters. The molecule has 0 aromatic rings. The largest absolute Gasteiger partial charge is 0.394 e. The van der Waals surface area contributed by atoms with E-state index < -0.39 is 110 Å². The maximum absolute atomic E-state index is 12.7. The van der Waals surface area contributed by atoms with Gasteiger partial charge in [0.05, 0.1) is 24.7 Å².